The molecule has 5 rings (SSSR count). The first-order valence-electron chi connectivity index (χ1n) is 10.9. The van der Waals surface area contributed by atoms with E-state index in [2.05, 4.69) is 15.0 Å². The summed E-state index contributed by atoms with van der Waals surface area (Å²) in [5, 5.41) is 6.56. The maximum Gasteiger partial charge on any atom is 0.234 e. The molecule has 3 heterocycles. The minimum absolute atomic E-state index is 0.0160. The number of carbonyl (C=O) groups excluding carboxylic acids is 1. The molecule has 10 heteroatoms. The summed E-state index contributed by atoms with van der Waals surface area (Å²) < 4.78 is 1.79. The Bertz CT molecular complexity index is 1260. The fourth-order valence-corrected chi connectivity index (χ4v) is 5.50. The average Bonchev–Trinajstić information content (AvgIpc) is 3.27. The zero-order chi connectivity index (χ0) is 24.0. The van der Waals surface area contributed by atoms with Crippen molar-refractivity contribution in [2.24, 2.45) is 10.9 Å². The van der Waals surface area contributed by atoms with Gasteiger partial charge in [-0.25, -0.2) is 9.67 Å². The Morgan fingerprint density at radius 2 is 1.62 bits per heavy atom. The summed E-state index contributed by atoms with van der Waals surface area (Å²) in [7, 11) is 0. The normalized spacial score (nSPS) is 20.2. The van der Waals surface area contributed by atoms with Crippen molar-refractivity contribution < 1.29 is 4.79 Å². The minimum atomic E-state index is -0.503. The first kappa shape index (κ1) is 23.5. The van der Waals surface area contributed by atoms with E-state index in [4.69, 9.17) is 46.4 Å². The topological polar surface area (TPSA) is 53.7 Å². The lowest BCUT2D eigenvalue weighted by molar-refractivity contribution is -0.134. The maximum absolute atomic E-state index is 13.9. The van der Waals surface area contributed by atoms with Crippen LogP contribution in [-0.4, -0.2) is 52.5 Å². The fourth-order valence-electron chi connectivity index (χ4n) is 4.68. The lowest BCUT2D eigenvalue weighted by Crippen LogP contribution is -2.53. The Labute approximate surface area is 217 Å². The average molecular weight is 537 g/mol. The highest BCUT2D eigenvalue weighted by atomic mass is 35.5. The van der Waals surface area contributed by atoms with Crippen molar-refractivity contribution in [3.8, 4) is 0 Å². The van der Waals surface area contributed by atoms with Gasteiger partial charge >= 0.3 is 0 Å². The predicted molar refractivity (Wildman–Crippen MR) is 138 cm³/mol. The SMILES string of the molecule is CC1=Nc2ccnn2C(c2ccc(Cl)c(Cl)c2)C1C(=O)N1CCN(c2cc(Cl)cc(Cl)c2)CC1. The number of hydrogen-bond acceptors (Lipinski definition) is 4. The Hall–Kier alpha value is -2.25. The summed E-state index contributed by atoms with van der Waals surface area (Å²) >= 11 is 24.8. The molecule has 2 atom stereocenters. The lowest BCUT2D eigenvalue weighted by atomic mass is 9.87. The molecule has 1 amide bonds. The number of aromatic nitrogens is 2. The van der Waals surface area contributed by atoms with Crippen LogP contribution in [0.15, 0.2) is 53.7 Å². The molecule has 0 aliphatic carbocycles. The molecule has 2 unspecified atom stereocenters. The lowest BCUT2D eigenvalue weighted by Gasteiger charge is -2.40. The van der Waals surface area contributed by atoms with Crippen LogP contribution in [-0.2, 0) is 4.79 Å². The van der Waals surface area contributed by atoms with Gasteiger partial charge < -0.3 is 9.80 Å². The molecular formula is C24H21Cl4N5O. The molecule has 1 aromatic heterocycles. The van der Waals surface area contributed by atoms with Gasteiger partial charge in [0.15, 0.2) is 5.82 Å². The summed E-state index contributed by atoms with van der Waals surface area (Å²) in [6.45, 7) is 4.40. The number of rotatable bonds is 3. The minimum Gasteiger partial charge on any atom is -0.368 e. The monoisotopic (exact) mass is 535 g/mol. The molecule has 2 aliphatic rings. The van der Waals surface area contributed by atoms with E-state index < -0.39 is 5.92 Å². The van der Waals surface area contributed by atoms with Crippen LogP contribution in [0.5, 0.6) is 0 Å². The first-order valence-corrected chi connectivity index (χ1v) is 12.4. The number of anilines is 1. The number of piperazine rings is 1. The molecule has 0 bridgehead atoms. The largest absolute Gasteiger partial charge is 0.368 e. The number of amides is 1. The zero-order valence-corrected chi connectivity index (χ0v) is 21.3. The van der Waals surface area contributed by atoms with Gasteiger partial charge in [-0.3, -0.25) is 4.79 Å². The number of benzene rings is 2. The van der Waals surface area contributed by atoms with Crippen molar-refractivity contribution in [2.75, 3.05) is 31.1 Å². The third-order valence-electron chi connectivity index (χ3n) is 6.32. The second-order valence-corrected chi connectivity index (χ2v) is 10.1. The highest BCUT2D eigenvalue weighted by molar-refractivity contribution is 6.42. The number of carbonyl (C=O) groups is 1. The van der Waals surface area contributed by atoms with Crippen LogP contribution in [0.2, 0.25) is 20.1 Å². The molecule has 6 nitrogen and oxygen atoms in total. The summed E-state index contributed by atoms with van der Waals surface area (Å²) in [5.74, 6) is 0.222. The molecule has 1 saturated heterocycles. The van der Waals surface area contributed by atoms with E-state index in [9.17, 15) is 4.79 Å². The van der Waals surface area contributed by atoms with Crippen molar-refractivity contribution in [1.82, 2.24) is 14.7 Å². The molecule has 2 aromatic carbocycles. The van der Waals surface area contributed by atoms with Crippen molar-refractivity contribution >= 4 is 69.5 Å². The molecule has 0 spiro atoms. The standard InChI is InChI=1S/C24H21Cl4N5O/c1-14-22(23(33-21(30-14)4-5-29-33)15-2-3-19(27)20(28)10-15)24(34)32-8-6-31(7-9-32)18-12-16(25)11-17(26)13-18/h2-5,10-13,22-23H,6-9H2,1H3. The van der Waals surface area contributed by atoms with Crippen molar-refractivity contribution in [2.45, 2.75) is 13.0 Å². The third kappa shape index (κ3) is 4.40. The number of nitrogens with zero attached hydrogens (tertiary/aromatic N) is 5. The summed E-state index contributed by atoms with van der Waals surface area (Å²) in [6, 6.07) is 12.4. The Kier molecular flexibility index (Phi) is 6.51. The van der Waals surface area contributed by atoms with Gasteiger partial charge in [0, 0.05) is 53.7 Å². The summed E-state index contributed by atoms with van der Waals surface area (Å²) in [5.41, 5.74) is 2.56. The molecule has 0 N–H and O–H groups in total. The molecular weight excluding hydrogens is 516 g/mol. The highest BCUT2D eigenvalue weighted by Crippen LogP contribution is 2.39. The van der Waals surface area contributed by atoms with Crippen molar-refractivity contribution in [3.63, 3.8) is 0 Å². The molecule has 1 fully saturated rings. The van der Waals surface area contributed by atoms with Crippen LogP contribution in [0, 0.1) is 5.92 Å². The Balaban J connectivity index is 1.41. The van der Waals surface area contributed by atoms with E-state index in [1.54, 1.807) is 29.1 Å². The van der Waals surface area contributed by atoms with E-state index >= 15 is 0 Å². The molecule has 176 valence electrons. The second kappa shape index (κ2) is 9.42. The quantitative estimate of drug-likeness (QED) is 0.403. The fraction of sp³-hybridized carbons (Fsp3) is 0.292. The van der Waals surface area contributed by atoms with Gasteiger partial charge in [0.2, 0.25) is 5.91 Å². The van der Waals surface area contributed by atoms with Gasteiger partial charge in [0.05, 0.1) is 22.3 Å². The smallest absolute Gasteiger partial charge is 0.234 e. The number of halogens is 4. The molecule has 0 radical (unpaired) electrons. The zero-order valence-electron chi connectivity index (χ0n) is 18.3. The van der Waals surface area contributed by atoms with Crippen LogP contribution >= 0.6 is 46.4 Å². The van der Waals surface area contributed by atoms with Crippen LogP contribution in [0.3, 0.4) is 0 Å². The third-order valence-corrected chi connectivity index (χ3v) is 7.50. The van der Waals surface area contributed by atoms with Crippen LogP contribution in [0.25, 0.3) is 0 Å². The van der Waals surface area contributed by atoms with Crippen LogP contribution < -0.4 is 4.90 Å². The summed E-state index contributed by atoms with van der Waals surface area (Å²) in [4.78, 5) is 22.6. The van der Waals surface area contributed by atoms with Gasteiger partial charge in [-0.15, -0.1) is 0 Å². The van der Waals surface area contributed by atoms with E-state index in [1.165, 1.54) is 0 Å². The molecule has 3 aromatic rings. The maximum atomic E-state index is 13.9. The van der Waals surface area contributed by atoms with Gasteiger partial charge in [-0.05, 0) is 42.8 Å². The Morgan fingerprint density at radius 3 is 2.29 bits per heavy atom. The van der Waals surface area contributed by atoms with Crippen LogP contribution in [0.1, 0.15) is 18.5 Å². The van der Waals surface area contributed by atoms with E-state index in [0.717, 1.165) is 17.0 Å². The first-order chi connectivity index (χ1) is 16.3. The van der Waals surface area contributed by atoms with Gasteiger partial charge in [0.25, 0.3) is 0 Å². The number of hydrogen-bond donors (Lipinski definition) is 0. The van der Waals surface area contributed by atoms with Gasteiger partial charge in [-0.1, -0.05) is 52.5 Å². The molecule has 2 aliphatic heterocycles. The molecule has 34 heavy (non-hydrogen) atoms. The number of fused-ring (bicyclic) bond motifs is 1. The van der Waals surface area contributed by atoms with Crippen molar-refractivity contribution in [1.29, 1.82) is 0 Å². The summed E-state index contributed by atoms with van der Waals surface area (Å²) in [6.07, 6.45) is 1.69. The van der Waals surface area contributed by atoms with E-state index in [-0.39, 0.29) is 11.9 Å². The van der Waals surface area contributed by atoms with Gasteiger partial charge in [-0.2, -0.15) is 5.10 Å². The number of aliphatic imine (C=N–C) groups is 1. The second-order valence-electron chi connectivity index (χ2n) is 8.42. The van der Waals surface area contributed by atoms with Crippen LogP contribution in [0.4, 0.5) is 11.5 Å². The van der Waals surface area contributed by atoms with Crippen molar-refractivity contribution in [3.05, 3.63) is 74.3 Å². The van der Waals surface area contributed by atoms with E-state index in [1.807, 2.05) is 36.1 Å². The predicted octanol–water partition coefficient (Wildman–Crippen LogP) is 6.16. The Morgan fingerprint density at radius 1 is 0.912 bits per heavy atom. The molecule has 0 saturated carbocycles. The highest BCUT2D eigenvalue weighted by Gasteiger charge is 2.41. The van der Waals surface area contributed by atoms with Gasteiger partial charge in [0.1, 0.15) is 5.92 Å². The van der Waals surface area contributed by atoms with E-state index in [0.29, 0.717) is 52.1 Å².